The van der Waals surface area contributed by atoms with Crippen molar-refractivity contribution in [2.24, 2.45) is 5.10 Å². The molecular weight excluding hydrogens is 282 g/mol. The maximum Gasteiger partial charge on any atom is 0.273 e. The lowest BCUT2D eigenvalue weighted by atomic mass is 10.1. The van der Waals surface area contributed by atoms with Crippen molar-refractivity contribution in [1.82, 2.24) is 5.43 Å². The summed E-state index contributed by atoms with van der Waals surface area (Å²) < 4.78 is 0. The Bertz CT molecular complexity index is 726. The Hall–Kier alpha value is -3.02. The lowest BCUT2D eigenvalue weighted by Crippen LogP contribution is -2.20. The summed E-state index contributed by atoms with van der Waals surface area (Å²) in [6.45, 7) is 1.96. The van der Waals surface area contributed by atoms with Crippen molar-refractivity contribution in [3.63, 3.8) is 0 Å². The third-order valence-corrected chi connectivity index (χ3v) is 2.98. The Balaban J connectivity index is 1.98. The van der Waals surface area contributed by atoms with Gasteiger partial charge in [-0.25, -0.2) is 5.43 Å². The van der Waals surface area contributed by atoms with E-state index in [9.17, 15) is 14.9 Å². The Labute approximate surface area is 127 Å². The van der Waals surface area contributed by atoms with Crippen molar-refractivity contribution < 1.29 is 9.72 Å². The van der Waals surface area contributed by atoms with Gasteiger partial charge >= 0.3 is 0 Å². The number of carbonyl (C=O) groups excluding carboxylic acids is 1. The number of nitrogens with one attached hydrogen (secondary N) is 1. The van der Waals surface area contributed by atoms with E-state index >= 15 is 0 Å². The summed E-state index contributed by atoms with van der Waals surface area (Å²) in [4.78, 5) is 22.2. The molecule has 0 aromatic heterocycles. The number of hydrogen-bond donors (Lipinski definition) is 1. The van der Waals surface area contributed by atoms with Crippen molar-refractivity contribution in [3.8, 4) is 0 Å². The highest BCUT2D eigenvalue weighted by Gasteiger charge is 2.14. The highest BCUT2D eigenvalue weighted by atomic mass is 16.6. The predicted octanol–water partition coefficient (Wildman–Crippen LogP) is 2.60. The smallest absolute Gasteiger partial charge is 0.273 e. The fourth-order valence-electron chi connectivity index (χ4n) is 1.98. The van der Waals surface area contributed by atoms with Gasteiger partial charge in [0.15, 0.2) is 0 Å². The summed E-state index contributed by atoms with van der Waals surface area (Å²) in [5.41, 5.74) is 4.62. The summed E-state index contributed by atoms with van der Waals surface area (Å²) >= 11 is 0. The largest absolute Gasteiger partial charge is 0.273 e. The molecule has 1 amide bonds. The van der Waals surface area contributed by atoms with Crippen LogP contribution in [0.5, 0.6) is 0 Å². The van der Waals surface area contributed by atoms with E-state index < -0.39 is 10.8 Å². The van der Waals surface area contributed by atoms with E-state index in [2.05, 4.69) is 10.5 Å². The molecule has 6 nitrogen and oxygen atoms in total. The Morgan fingerprint density at radius 3 is 2.77 bits per heavy atom. The lowest BCUT2D eigenvalue weighted by Gasteiger charge is -2.02. The van der Waals surface area contributed by atoms with Gasteiger partial charge in [0, 0.05) is 11.6 Å². The maximum atomic E-state index is 11.8. The maximum absolute atomic E-state index is 11.8. The summed E-state index contributed by atoms with van der Waals surface area (Å²) in [7, 11) is 0. The van der Waals surface area contributed by atoms with E-state index in [0.717, 1.165) is 11.1 Å². The van der Waals surface area contributed by atoms with Crippen LogP contribution in [0.2, 0.25) is 0 Å². The van der Waals surface area contributed by atoms with Crippen LogP contribution < -0.4 is 5.43 Å². The zero-order valence-corrected chi connectivity index (χ0v) is 12.0. The number of nitro groups is 1. The highest BCUT2D eigenvalue weighted by Crippen LogP contribution is 2.17. The highest BCUT2D eigenvalue weighted by molar-refractivity contribution is 5.83. The molecule has 0 fully saturated rings. The van der Waals surface area contributed by atoms with Gasteiger partial charge in [-0.1, -0.05) is 48.0 Å². The number of rotatable bonds is 5. The van der Waals surface area contributed by atoms with E-state index in [1.165, 1.54) is 12.3 Å². The lowest BCUT2D eigenvalue weighted by molar-refractivity contribution is -0.385. The first-order valence-corrected chi connectivity index (χ1v) is 6.67. The minimum atomic E-state index is -0.501. The van der Waals surface area contributed by atoms with Gasteiger partial charge in [0.2, 0.25) is 5.91 Å². The molecule has 0 radical (unpaired) electrons. The number of amides is 1. The van der Waals surface area contributed by atoms with Gasteiger partial charge in [-0.15, -0.1) is 0 Å². The molecular formula is C16H15N3O3. The topological polar surface area (TPSA) is 84.6 Å². The number of nitro benzene ring substituents is 1. The number of nitrogens with zero attached hydrogens (tertiary/aromatic N) is 2. The first-order chi connectivity index (χ1) is 10.6. The minimum absolute atomic E-state index is 0.0692. The second kappa shape index (κ2) is 7.12. The van der Waals surface area contributed by atoms with Gasteiger partial charge in [-0.3, -0.25) is 14.9 Å². The number of benzene rings is 2. The van der Waals surface area contributed by atoms with Crippen LogP contribution in [-0.2, 0) is 11.2 Å². The van der Waals surface area contributed by atoms with E-state index in [0.29, 0.717) is 5.56 Å². The molecule has 0 saturated heterocycles. The van der Waals surface area contributed by atoms with E-state index in [4.69, 9.17) is 0 Å². The normalized spacial score (nSPS) is 10.6. The van der Waals surface area contributed by atoms with Gasteiger partial charge < -0.3 is 0 Å². The molecule has 0 heterocycles. The van der Waals surface area contributed by atoms with Crippen LogP contribution in [0.25, 0.3) is 0 Å². The molecule has 0 atom stereocenters. The van der Waals surface area contributed by atoms with E-state index in [1.807, 2.05) is 31.2 Å². The number of aryl methyl sites for hydroxylation is 1. The molecule has 0 aliphatic heterocycles. The third kappa shape index (κ3) is 4.24. The van der Waals surface area contributed by atoms with Crippen LogP contribution >= 0.6 is 0 Å². The molecule has 2 rings (SSSR count). The molecule has 112 valence electrons. The Morgan fingerprint density at radius 2 is 2.05 bits per heavy atom. The summed E-state index contributed by atoms with van der Waals surface area (Å²) in [6, 6.07) is 13.8. The van der Waals surface area contributed by atoms with Crippen molar-refractivity contribution in [2.75, 3.05) is 0 Å². The minimum Gasteiger partial charge on any atom is -0.273 e. The molecule has 2 aromatic carbocycles. The van der Waals surface area contributed by atoms with Crippen molar-refractivity contribution in [3.05, 3.63) is 75.3 Å². The number of hydrazone groups is 1. The first kappa shape index (κ1) is 15.4. The molecule has 0 aliphatic carbocycles. The number of hydrogen-bond acceptors (Lipinski definition) is 4. The Morgan fingerprint density at radius 1 is 1.27 bits per heavy atom. The monoisotopic (exact) mass is 297 g/mol. The summed E-state index contributed by atoms with van der Waals surface area (Å²) in [5.74, 6) is -0.404. The van der Waals surface area contributed by atoms with Crippen LogP contribution in [0.3, 0.4) is 0 Å². The molecule has 0 saturated carbocycles. The summed E-state index contributed by atoms with van der Waals surface area (Å²) in [5, 5.41) is 14.7. The van der Waals surface area contributed by atoms with Crippen LogP contribution in [-0.4, -0.2) is 17.0 Å². The van der Waals surface area contributed by atoms with Gasteiger partial charge in [-0.2, -0.15) is 5.10 Å². The van der Waals surface area contributed by atoms with Crippen molar-refractivity contribution in [1.29, 1.82) is 0 Å². The quantitative estimate of drug-likeness (QED) is 0.523. The SMILES string of the molecule is Cc1cccc(/C=N/NC(=O)Cc2ccccc2[N+](=O)[O-])c1. The summed E-state index contributed by atoms with van der Waals surface area (Å²) in [6.07, 6.45) is 1.44. The third-order valence-electron chi connectivity index (χ3n) is 2.98. The predicted molar refractivity (Wildman–Crippen MR) is 83.7 cm³/mol. The molecule has 0 spiro atoms. The molecule has 6 heteroatoms. The number of carbonyl (C=O) groups is 1. The standard InChI is InChI=1S/C16H15N3O3/c1-12-5-4-6-13(9-12)11-17-18-16(20)10-14-7-2-3-8-15(14)19(21)22/h2-9,11H,10H2,1H3,(H,18,20)/b17-11+. The first-order valence-electron chi connectivity index (χ1n) is 6.67. The fraction of sp³-hybridized carbons (Fsp3) is 0.125. The van der Waals surface area contributed by atoms with Crippen molar-refractivity contribution >= 4 is 17.8 Å². The van der Waals surface area contributed by atoms with Gasteiger partial charge in [0.1, 0.15) is 0 Å². The van der Waals surface area contributed by atoms with E-state index in [1.54, 1.807) is 18.2 Å². The van der Waals surface area contributed by atoms with Crippen molar-refractivity contribution in [2.45, 2.75) is 13.3 Å². The Kier molecular flexibility index (Phi) is 4.98. The molecule has 2 aromatic rings. The van der Waals surface area contributed by atoms with Crippen LogP contribution in [0.1, 0.15) is 16.7 Å². The van der Waals surface area contributed by atoms with Crippen LogP contribution in [0.15, 0.2) is 53.6 Å². The molecule has 0 unspecified atom stereocenters. The zero-order valence-electron chi connectivity index (χ0n) is 12.0. The molecule has 0 aliphatic rings. The second-order valence-corrected chi connectivity index (χ2v) is 4.77. The van der Waals surface area contributed by atoms with Gasteiger partial charge in [0.05, 0.1) is 17.6 Å². The number of para-hydroxylation sites is 1. The van der Waals surface area contributed by atoms with E-state index in [-0.39, 0.29) is 12.1 Å². The van der Waals surface area contributed by atoms with Crippen LogP contribution in [0, 0.1) is 17.0 Å². The average Bonchev–Trinajstić information content (AvgIpc) is 2.47. The molecule has 1 N–H and O–H groups in total. The molecule has 22 heavy (non-hydrogen) atoms. The van der Waals surface area contributed by atoms with Crippen LogP contribution in [0.4, 0.5) is 5.69 Å². The van der Waals surface area contributed by atoms with Gasteiger partial charge in [0.25, 0.3) is 5.69 Å². The van der Waals surface area contributed by atoms with Gasteiger partial charge in [-0.05, 0) is 12.5 Å². The second-order valence-electron chi connectivity index (χ2n) is 4.77. The molecule has 0 bridgehead atoms. The fourth-order valence-corrected chi connectivity index (χ4v) is 1.98. The zero-order chi connectivity index (χ0) is 15.9. The average molecular weight is 297 g/mol.